The zero-order chi connectivity index (χ0) is 14.5. The molecule has 1 aromatic rings. The number of carbonyl (C=O) groups is 1. The number of nitrogens with zero attached hydrogens (tertiary/aromatic N) is 1. The maximum absolute atomic E-state index is 12.4. The molecule has 2 unspecified atom stereocenters. The summed E-state index contributed by atoms with van der Waals surface area (Å²) in [6.45, 7) is 3.13. The summed E-state index contributed by atoms with van der Waals surface area (Å²) in [5, 5.41) is 3.38. The number of nitrogens with one attached hydrogen (secondary N) is 1. The fraction of sp³-hybridized carbons (Fsp3) is 0.533. The summed E-state index contributed by atoms with van der Waals surface area (Å²) in [6.07, 6.45) is 0.667. The van der Waals surface area contributed by atoms with Crippen LogP contribution in [0, 0.1) is 0 Å². The van der Waals surface area contributed by atoms with Gasteiger partial charge >= 0.3 is 0 Å². The van der Waals surface area contributed by atoms with Crippen LogP contribution in [0.25, 0.3) is 0 Å². The van der Waals surface area contributed by atoms with E-state index in [1.165, 1.54) is 0 Å². The molecule has 0 radical (unpaired) electrons. The van der Waals surface area contributed by atoms with Crippen molar-refractivity contribution in [1.82, 2.24) is 10.2 Å². The lowest BCUT2D eigenvalue weighted by Crippen LogP contribution is -2.33. The van der Waals surface area contributed by atoms with Gasteiger partial charge in [-0.15, -0.1) is 0 Å². The Morgan fingerprint density at radius 1 is 1.35 bits per heavy atom. The molecule has 5 heteroatoms. The van der Waals surface area contributed by atoms with E-state index in [4.69, 9.17) is 9.47 Å². The number of hydrogen-bond donors (Lipinski definition) is 1. The van der Waals surface area contributed by atoms with Crippen LogP contribution in [-0.4, -0.2) is 44.2 Å². The van der Waals surface area contributed by atoms with Gasteiger partial charge in [-0.05, 0) is 24.1 Å². The Morgan fingerprint density at radius 2 is 2.15 bits per heavy atom. The van der Waals surface area contributed by atoms with Gasteiger partial charge in [-0.25, -0.2) is 0 Å². The Balaban J connectivity index is 2.24. The summed E-state index contributed by atoms with van der Waals surface area (Å²) in [5.41, 5.74) is 1.03. The first-order valence-corrected chi connectivity index (χ1v) is 6.90. The number of hydrogen-bond acceptors (Lipinski definition) is 4. The van der Waals surface area contributed by atoms with Gasteiger partial charge in [0, 0.05) is 13.7 Å². The van der Waals surface area contributed by atoms with Crippen LogP contribution in [0.4, 0.5) is 0 Å². The van der Waals surface area contributed by atoms with Crippen LogP contribution in [0.5, 0.6) is 5.75 Å². The van der Waals surface area contributed by atoms with E-state index in [9.17, 15) is 4.79 Å². The second kappa shape index (κ2) is 6.72. The largest absolute Gasteiger partial charge is 0.497 e. The summed E-state index contributed by atoms with van der Waals surface area (Å²) < 4.78 is 10.4. The minimum absolute atomic E-state index is 0.113. The van der Waals surface area contributed by atoms with E-state index in [0.717, 1.165) is 17.7 Å². The van der Waals surface area contributed by atoms with Crippen LogP contribution in [0.2, 0.25) is 0 Å². The molecule has 20 heavy (non-hydrogen) atoms. The van der Waals surface area contributed by atoms with Gasteiger partial charge < -0.3 is 14.4 Å². The molecule has 110 valence electrons. The minimum atomic E-state index is -0.122. The molecular formula is C15H22N2O3. The average Bonchev–Trinajstić information content (AvgIpc) is 2.81. The normalized spacial score (nSPS) is 22.4. The average molecular weight is 278 g/mol. The molecule has 2 rings (SSSR count). The summed E-state index contributed by atoms with van der Waals surface area (Å²) in [5.74, 6) is 0.931. The molecule has 1 fully saturated rings. The molecule has 0 saturated carbocycles. The topological polar surface area (TPSA) is 50.8 Å². The Hall–Kier alpha value is -1.59. The summed E-state index contributed by atoms with van der Waals surface area (Å²) in [4.78, 5) is 14.2. The van der Waals surface area contributed by atoms with Gasteiger partial charge in [0.25, 0.3) is 0 Å². The molecule has 0 aliphatic carbocycles. The number of amides is 1. The van der Waals surface area contributed by atoms with Crippen molar-refractivity contribution in [3.05, 3.63) is 29.8 Å². The molecule has 1 aliphatic rings. The Morgan fingerprint density at radius 3 is 2.80 bits per heavy atom. The van der Waals surface area contributed by atoms with E-state index >= 15 is 0 Å². The molecule has 1 N–H and O–H groups in total. The molecule has 1 amide bonds. The summed E-state index contributed by atoms with van der Waals surface area (Å²) in [7, 11) is 3.29. The van der Waals surface area contributed by atoms with Gasteiger partial charge in [-0.3, -0.25) is 10.1 Å². The molecule has 2 atom stereocenters. The maximum Gasteiger partial charge on any atom is 0.241 e. The zero-order valence-corrected chi connectivity index (χ0v) is 12.3. The van der Waals surface area contributed by atoms with Gasteiger partial charge in [0.05, 0.1) is 19.8 Å². The van der Waals surface area contributed by atoms with Crippen LogP contribution < -0.4 is 10.1 Å². The fourth-order valence-corrected chi connectivity index (χ4v) is 2.49. The third-order valence-electron chi connectivity index (χ3n) is 3.61. The van der Waals surface area contributed by atoms with Gasteiger partial charge in [-0.2, -0.15) is 0 Å². The van der Waals surface area contributed by atoms with Crippen LogP contribution in [0.3, 0.4) is 0 Å². The van der Waals surface area contributed by atoms with Crippen molar-refractivity contribution in [1.29, 1.82) is 0 Å². The Labute approximate surface area is 119 Å². The molecular weight excluding hydrogens is 256 g/mol. The lowest BCUT2D eigenvalue weighted by atomic mass is 10.1. The van der Waals surface area contributed by atoms with Gasteiger partial charge in [0.1, 0.15) is 11.9 Å². The van der Waals surface area contributed by atoms with E-state index in [-0.39, 0.29) is 18.1 Å². The number of rotatable bonds is 6. The van der Waals surface area contributed by atoms with E-state index in [0.29, 0.717) is 13.2 Å². The van der Waals surface area contributed by atoms with Crippen molar-refractivity contribution in [2.75, 3.05) is 27.4 Å². The number of methoxy groups -OCH3 is 2. The van der Waals surface area contributed by atoms with Crippen LogP contribution >= 0.6 is 0 Å². The predicted molar refractivity (Wildman–Crippen MR) is 76.5 cm³/mol. The van der Waals surface area contributed by atoms with E-state index in [1.807, 2.05) is 36.1 Å². The molecule has 0 spiro atoms. The number of carbonyl (C=O) groups excluding carboxylic acids is 1. The molecule has 1 saturated heterocycles. The standard InChI is InChI=1S/C15H22N2O3/c1-4-13-15(18)17(8-9-19-2)14(16-13)11-6-5-7-12(10-11)20-3/h5-7,10,13-14,16H,4,8-9H2,1-3H3. The molecule has 0 aromatic heterocycles. The van der Waals surface area contributed by atoms with Crippen LogP contribution in [0.15, 0.2) is 24.3 Å². The smallest absolute Gasteiger partial charge is 0.241 e. The zero-order valence-electron chi connectivity index (χ0n) is 12.3. The molecule has 0 bridgehead atoms. The second-order valence-electron chi connectivity index (χ2n) is 4.83. The number of benzene rings is 1. The summed E-state index contributed by atoms with van der Waals surface area (Å²) >= 11 is 0. The van der Waals surface area contributed by atoms with Crippen molar-refractivity contribution >= 4 is 5.91 Å². The molecule has 1 heterocycles. The van der Waals surface area contributed by atoms with Crippen molar-refractivity contribution in [2.24, 2.45) is 0 Å². The molecule has 1 aliphatic heterocycles. The third kappa shape index (κ3) is 2.94. The molecule has 5 nitrogen and oxygen atoms in total. The lowest BCUT2D eigenvalue weighted by Gasteiger charge is -2.24. The van der Waals surface area contributed by atoms with Crippen molar-refractivity contribution < 1.29 is 14.3 Å². The first-order valence-electron chi connectivity index (χ1n) is 6.90. The highest BCUT2D eigenvalue weighted by atomic mass is 16.5. The Bertz CT molecular complexity index is 464. The van der Waals surface area contributed by atoms with Crippen molar-refractivity contribution in [3.63, 3.8) is 0 Å². The maximum atomic E-state index is 12.4. The highest BCUT2D eigenvalue weighted by Crippen LogP contribution is 2.28. The minimum Gasteiger partial charge on any atom is -0.497 e. The second-order valence-corrected chi connectivity index (χ2v) is 4.83. The SMILES string of the molecule is CCC1NC(c2cccc(OC)c2)N(CCOC)C1=O. The van der Waals surface area contributed by atoms with Crippen molar-refractivity contribution in [2.45, 2.75) is 25.6 Å². The van der Waals surface area contributed by atoms with E-state index in [1.54, 1.807) is 14.2 Å². The highest BCUT2D eigenvalue weighted by molar-refractivity contribution is 5.84. The van der Waals surface area contributed by atoms with Gasteiger partial charge in [-0.1, -0.05) is 19.1 Å². The first kappa shape index (κ1) is 14.8. The van der Waals surface area contributed by atoms with E-state index < -0.39 is 0 Å². The van der Waals surface area contributed by atoms with Crippen LogP contribution in [0.1, 0.15) is 25.1 Å². The van der Waals surface area contributed by atoms with E-state index in [2.05, 4.69) is 5.32 Å². The van der Waals surface area contributed by atoms with Crippen molar-refractivity contribution in [3.8, 4) is 5.75 Å². The summed E-state index contributed by atoms with van der Waals surface area (Å²) in [6, 6.07) is 7.68. The Kier molecular flexibility index (Phi) is 4.98. The van der Waals surface area contributed by atoms with Gasteiger partial charge in [0.15, 0.2) is 0 Å². The third-order valence-corrected chi connectivity index (χ3v) is 3.61. The monoisotopic (exact) mass is 278 g/mol. The predicted octanol–water partition coefficient (Wildman–Crippen LogP) is 1.55. The van der Waals surface area contributed by atoms with Crippen LogP contribution in [-0.2, 0) is 9.53 Å². The van der Waals surface area contributed by atoms with Gasteiger partial charge in [0.2, 0.25) is 5.91 Å². The molecule has 1 aromatic carbocycles. The quantitative estimate of drug-likeness (QED) is 0.858. The highest BCUT2D eigenvalue weighted by Gasteiger charge is 2.38. The lowest BCUT2D eigenvalue weighted by molar-refractivity contribution is -0.130. The fourth-order valence-electron chi connectivity index (χ4n) is 2.49. The first-order chi connectivity index (χ1) is 9.71. The number of ether oxygens (including phenoxy) is 2.